The number of rotatable bonds is 18. The topological polar surface area (TPSA) is 218 Å². The summed E-state index contributed by atoms with van der Waals surface area (Å²) in [4.78, 5) is 78.4. The number of nitrogens with zero attached hydrogens (tertiary/aromatic N) is 5. The van der Waals surface area contributed by atoms with E-state index in [4.69, 9.17) is 39.8 Å². The van der Waals surface area contributed by atoms with Gasteiger partial charge in [-0.1, -0.05) is 121 Å². The van der Waals surface area contributed by atoms with E-state index in [2.05, 4.69) is 10.6 Å². The molecule has 0 fully saturated rings. The van der Waals surface area contributed by atoms with Crippen molar-refractivity contribution in [2.75, 3.05) is 34.7 Å². The first kappa shape index (κ1) is 54.4. The minimum Gasteiger partial charge on any atom is -0.489 e. The van der Waals surface area contributed by atoms with Crippen LogP contribution in [0.15, 0.2) is 143 Å². The fraction of sp³-hybridized carbons (Fsp3) is 0.302. The zero-order valence-electron chi connectivity index (χ0n) is 40.8. The number of benzene rings is 5. The van der Waals surface area contributed by atoms with Gasteiger partial charge in [-0.05, 0) is 78.3 Å². The SMILES string of the molecule is Cc1cc(OCc2ccccc2)cc(C)c1C[C@H](N=C(N(C)C)N(C)C)C(=O)N(C[C@H](Cc1ccccc1)N=C(NC(=O)OCc1ccccc1)NC(=O)OCc1ccccc1)[C@H](C)C(N)=O.O=CO. The maximum atomic E-state index is 15.3. The Balaban J connectivity index is 0.00000346. The number of nitrogens with two attached hydrogens (primary N) is 1. The highest BCUT2D eigenvalue weighted by Gasteiger charge is 2.34. The van der Waals surface area contributed by atoms with Gasteiger partial charge >= 0.3 is 12.2 Å². The number of aryl methyl sites for hydroxylation is 2. The van der Waals surface area contributed by atoms with E-state index in [1.165, 1.54) is 4.90 Å². The summed E-state index contributed by atoms with van der Waals surface area (Å²) >= 11 is 0. The number of primary amides is 1. The molecule has 3 atom stereocenters. The van der Waals surface area contributed by atoms with Gasteiger partial charge in [0.15, 0.2) is 5.96 Å². The molecule has 0 aromatic heterocycles. The summed E-state index contributed by atoms with van der Waals surface area (Å²) in [6.07, 6.45) is -1.43. The number of nitrogens with one attached hydrogen (secondary N) is 2. The van der Waals surface area contributed by atoms with Crippen LogP contribution in [0.3, 0.4) is 0 Å². The second-order valence-corrected chi connectivity index (χ2v) is 16.6. The van der Waals surface area contributed by atoms with Crippen molar-refractivity contribution in [3.63, 3.8) is 0 Å². The molecule has 0 radical (unpaired) electrons. The van der Waals surface area contributed by atoms with E-state index in [0.717, 1.165) is 38.9 Å². The highest BCUT2D eigenvalue weighted by Crippen LogP contribution is 2.26. The molecule has 0 saturated carbocycles. The molecular formula is C53H64N8O9. The molecule has 0 aliphatic carbocycles. The number of carbonyl (C=O) groups excluding carboxylic acids is 4. The first-order valence-corrected chi connectivity index (χ1v) is 22.5. The summed E-state index contributed by atoms with van der Waals surface area (Å²) in [5, 5.41) is 12.0. The van der Waals surface area contributed by atoms with Crippen LogP contribution >= 0.6 is 0 Å². The van der Waals surface area contributed by atoms with Gasteiger partial charge in [-0.25, -0.2) is 19.6 Å². The molecule has 70 heavy (non-hydrogen) atoms. The Bertz CT molecular complexity index is 2420. The molecule has 0 aliphatic heterocycles. The maximum Gasteiger partial charge on any atom is 0.414 e. The number of hydrogen-bond acceptors (Lipinski definition) is 10. The Morgan fingerprint density at radius 1 is 0.657 bits per heavy atom. The van der Waals surface area contributed by atoms with Crippen LogP contribution in [-0.2, 0) is 56.5 Å². The molecule has 0 saturated heterocycles. The Hall–Kier alpha value is -8.21. The van der Waals surface area contributed by atoms with Gasteiger partial charge in [0.2, 0.25) is 17.8 Å². The highest BCUT2D eigenvalue weighted by atomic mass is 16.6. The third-order valence-corrected chi connectivity index (χ3v) is 10.7. The molecule has 5 rings (SSSR count). The highest BCUT2D eigenvalue weighted by molar-refractivity contribution is 6.01. The minimum absolute atomic E-state index is 0.0591. The number of carbonyl (C=O) groups is 5. The van der Waals surface area contributed by atoms with Crippen molar-refractivity contribution in [3.8, 4) is 5.75 Å². The van der Waals surface area contributed by atoms with Crippen LogP contribution in [0.25, 0.3) is 0 Å². The lowest BCUT2D eigenvalue weighted by Crippen LogP contribution is -2.53. The fourth-order valence-electron chi connectivity index (χ4n) is 7.29. The monoisotopic (exact) mass is 956 g/mol. The van der Waals surface area contributed by atoms with Crippen LogP contribution in [0.2, 0.25) is 0 Å². The van der Waals surface area contributed by atoms with Gasteiger partial charge in [0, 0.05) is 41.2 Å². The third kappa shape index (κ3) is 18.1. The molecule has 370 valence electrons. The fourth-order valence-corrected chi connectivity index (χ4v) is 7.29. The maximum absolute atomic E-state index is 15.3. The summed E-state index contributed by atoms with van der Waals surface area (Å²) in [7, 11) is 7.34. The van der Waals surface area contributed by atoms with Gasteiger partial charge in [0.1, 0.15) is 37.7 Å². The lowest BCUT2D eigenvalue weighted by molar-refractivity contribution is -0.140. The second kappa shape index (κ2) is 28.2. The van der Waals surface area contributed by atoms with E-state index in [9.17, 15) is 14.4 Å². The first-order valence-electron chi connectivity index (χ1n) is 22.5. The quantitative estimate of drug-likeness (QED) is 0.0423. The van der Waals surface area contributed by atoms with Crippen molar-refractivity contribution in [1.82, 2.24) is 25.3 Å². The van der Waals surface area contributed by atoms with Gasteiger partial charge in [-0.15, -0.1) is 0 Å². The molecule has 5 aromatic rings. The molecule has 5 aromatic carbocycles. The summed E-state index contributed by atoms with van der Waals surface area (Å²) in [5.41, 5.74) is 12.0. The number of aliphatic imine (C=N–C) groups is 2. The predicted octanol–water partition coefficient (Wildman–Crippen LogP) is 6.50. The van der Waals surface area contributed by atoms with Gasteiger partial charge in [-0.2, -0.15) is 0 Å². The standard InChI is InChI=1S/C52H62N8O7.CH2O2/c1-36-28-44(65-33-40-22-14-9-15-23-40)29-37(2)45(36)31-46(55-50(58(4)5)59(6)7)48(62)60(38(3)47(53)61)32-43(30-39-20-12-8-13-21-39)54-49(56-51(63)66-34-41-24-16-10-17-25-41)57-52(64)67-35-42-26-18-11-19-27-42;2-1-3/h8-29,38,43,46H,30-35H2,1-7H3,(H2,53,61)(H2,54,56,57,63,64);1H,(H,2,3)/t38-,43+,46+;/m1./s1. The normalized spacial score (nSPS) is 11.6. The van der Waals surface area contributed by atoms with Crippen LogP contribution in [0.4, 0.5) is 9.59 Å². The molecule has 17 nitrogen and oxygen atoms in total. The zero-order valence-corrected chi connectivity index (χ0v) is 40.8. The molecule has 5 N–H and O–H groups in total. The van der Waals surface area contributed by atoms with Gasteiger partial charge < -0.3 is 39.8 Å². The van der Waals surface area contributed by atoms with E-state index in [1.807, 2.05) is 161 Å². The molecule has 0 heterocycles. The molecule has 17 heteroatoms. The largest absolute Gasteiger partial charge is 0.489 e. The lowest BCUT2D eigenvalue weighted by Gasteiger charge is -2.33. The summed E-state index contributed by atoms with van der Waals surface area (Å²) in [6.45, 7) is 5.33. The number of ether oxygens (including phenoxy) is 3. The van der Waals surface area contributed by atoms with Crippen LogP contribution in [0, 0.1) is 13.8 Å². The number of guanidine groups is 2. The Kier molecular flexibility index (Phi) is 21.9. The van der Waals surface area contributed by atoms with E-state index < -0.39 is 42.1 Å². The summed E-state index contributed by atoms with van der Waals surface area (Å²) in [5.74, 6) is -0.338. The number of carboxylic acid groups (broad SMARTS) is 1. The molecule has 0 unspecified atom stereocenters. The molecule has 4 amide bonds. The molecule has 0 bridgehead atoms. The molecule has 0 aliphatic rings. The Morgan fingerprint density at radius 2 is 1.07 bits per heavy atom. The zero-order chi connectivity index (χ0) is 51.0. The van der Waals surface area contributed by atoms with Crippen molar-refractivity contribution in [3.05, 3.63) is 172 Å². The Labute approximate surface area is 410 Å². The lowest BCUT2D eigenvalue weighted by atomic mass is 9.95. The van der Waals surface area contributed by atoms with Crippen molar-refractivity contribution in [1.29, 1.82) is 0 Å². The summed E-state index contributed by atoms with van der Waals surface area (Å²) < 4.78 is 17.2. The predicted molar refractivity (Wildman–Crippen MR) is 269 cm³/mol. The average molecular weight is 957 g/mol. The van der Waals surface area contributed by atoms with Gasteiger partial charge in [0.25, 0.3) is 6.47 Å². The summed E-state index contributed by atoms with van der Waals surface area (Å²) in [6, 6.07) is 38.3. The van der Waals surface area contributed by atoms with E-state index in [1.54, 1.807) is 31.2 Å². The van der Waals surface area contributed by atoms with Crippen molar-refractivity contribution < 1.29 is 43.3 Å². The van der Waals surface area contributed by atoms with Crippen molar-refractivity contribution in [2.24, 2.45) is 15.7 Å². The van der Waals surface area contributed by atoms with Crippen molar-refractivity contribution in [2.45, 2.75) is 71.6 Å². The second-order valence-electron chi connectivity index (χ2n) is 16.6. The number of hydrogen-bond donors (Lipinski definition) is 4. The van der Waals surface area contributed by atoms with Crippen LogP contribution in [-0.4, -0.2) is 115 Å². The third-order valence-electron chi connectivity index (χ3n) is 10.7. The van der Waals surface area contributed by atoms with E-state index in [0.29, 0.717) is 18.3 Å². The minimum atomic E-state index is -1.13. The molecular weight excluding hydrogens is 893 g/mol. The van der Waals surface area contributed by atoms with Crippen LogP contribution in [0.5, 0.6) is 5.75 Å². The molecule has 0 spiro atoms. The van der Waals surface area contributed by atoms with E-state index >= 15 is 4.79 Å². The first-order chi connectivity index (χ1) is 33.6. The average Bonchev–Trinajstić information content (AvgIpc) is 3.34. The van der Waals surface area contributed by atoms with Crippen LogP contribution in [0.1, 0.15) is 45.9 Å². The van der Waals surface area contributed by atoms with Gasteiger partial charge in [0.05, 0.1) is 6.04 Å². The van der Waals surface area contributed by atoms with E-state index in [-0.39, 0.29) is 45.0 Å². The van der Waals surface area contributed by atoms with Crippen molar-refractivity contribution >= 4 is 42.4 Å². The van der Waals surface area contributed by atoms with Crippen LogP contribution < -0.4 is 21.1 Å². The number of amides is 4. The Morgan fingerprint density at radius 3 is 1.49 bits per heavy atom. The smallest absolute Gasteiger partial charge is 0.414 e. The van der Waals surface area contributed by atoms with Gasteiger partial charge in [-0.3, -0.25) is 25.0 Å². The number of alkyl carbamates (subject to hydrolysis) is 2.